The van der Waals surface area contributed by atoms with Crippen LogP contribution in [0, 0.1) is 5.41 Å². The second-order valence-corrected chi connectivity index (χ2v) is 7.38. The van der Waals surface area contributed by atoms with Crippen LogP contribution in [-0.2, 0) is 6.42 Å². The number of rotatable bonds is 3. The summed E-state index contributed by atoms with van der Waals surface area (Å²) in [6.07, 6.45) is 2.53. The molecular formula is C21H22N2O2. The van der Waals surface area contributed by atoms with E-state index in [1.54, 1.807) is 30.5 Å². The van der Waals surface area contributed by atoms with Gasteiger partial charge in [0, 0.05) is 11.1 Å². The van der Waals surface area contributed by atoms with Gasteiger partial charge in [-0.25, -0.2) is 4.98 Å². The van der Waals surface area contributed by atoms with Gasteiger partial charge < -0.3 is 10.2 Å². The number of phenolic OH excluding ortho intramolecular Hbond substituents is 2. The van der Waals surface area contributed by atoms with E-state index in [0.29, 0.717) is 0 Å². The quantitative estimate of drug-likeness (QED) is 0.721. The third kappa shape index (κ3) is 4.15. The van der Waals surface area contributed by atoms with E-state index in [1.807, 2.05) is 24.3 Å². The zero-order chi connectivity index (χ0) is 18.0. The summed E-state index contributed by atoms with van der Waals surface area (Å²) in [5.41, 5.74) is 4.44. The predicted molar refractivity (Wildman–Crippen MR) is 99.4 cm³/mol. The second kappa shape index (κ2) is 6.55. The van der Waals surface area contributed by atoms with Crippen molar-refractivity contribution >= 4 is 0 Å². The topological polar surface area (TPSA) is 66.2 Å². The largest absolute Gasteiger partial charge is 0.508 e. The van der Waals surface area contributed by atoms with Crippen LogP contribution >= 0.6 is 0 Å². The molecule has 0 bridgehead atoms. The summed E-state index contributed by atoms with van der Waals surface area (Å²) >= 11 is 0. The highest BCUT2D eigenvalue weighted by atomic mass is 16.3. The molecule has 0 aliphatic carbocycles. The Labute approximate surface area is 147 Å². The van der Waals surface area contributed by atoms with Crippen LogP contribution in [0.5, 0.6) is 11.5 Å². The summed E-state index contributed by atoms with van der Waals surface area (Å²) in [6.45, 7) is 6.51. The Bertz CT molecular complexity index is 864. The molecule has 0 saturated heterocycles. The maximum atomic E-state index is 9.52. The van der Waals surface area contributed by atoms with Crippen molar-refractivity contribution < 1.29 is 10.2 Å². The van der Waals surface area contributed by atoms with Crippen molar-refractivity contribution in [2.45, 2.75) is 27.2 Å². The van der Waals surface area contributed by atoms with Gasteiger partial charge in [-0.05, 0) is 60.4 Å². The molecule has 3 aromatic rings. The monoisotopic (exact) mass is 334 g/mol. The van der Waals surface area contributed by atoms with Gasteiger partial charge >= 0.3 is 0 Å². The molecule has 0 amide bonds. The Hall–Kier alpha value is -2.88. The van der Waals surface area contributed by atoms with Gasteiger partial charge in [-0.15, -0.1) is 0 Å². The van der Waals surface area contributed by atoms with Crippen LogP contribution in [0.1, 0.15) is 26.5 Å². The van der Waals surface area contributed by atoms with Crippen LogP contribution in [0.25, 0.3) is 22.5 Å². The van der Waals surface area contributed by atoms with Crippen molar-refractivity contribution in [2.75, 3.05) is 0 Å². The minimum absolute atomic E-state index is 0.0634. The average Bonchev–Trinajstić information content (AvgIpc) is 2.55. The van der Waals surface area contributed by atoms with Gasteiger partial charge in [-0.2, -0.15) is 0 Å². The zero-order valence-corrected chi connectivity index (χ0v) is 14.7. The Morgan fingerprint density at radius 1 is 0.800 bits per heavy atom. The number of aromatic nitrogens is 2. The van der Waals surface area contributed by atoms with Gasteiger partial charge in [0.1, 0.15) is 11.5 Å². The number of hydrogen-bond donors (Lipinski definition) is 2. The summed E-state index contributed by atoms with van der Waals surface area (Å²) in [5.74, 6) is 0.460. The van der Waals surface area contributed by atoms with E-state index in [4.69, 9.17) is 4.98 Å². The van der Waals surface area contributed by atoms with Crippen molar-refractivity contribution in [1.29, 1.82) is 0 Å². The number of nitrogens with zero attached hydrogens (tertiary/aromatic N) is 2. The van der Waals surface area contributed by atoms with E-state index in [1.165, 1.54) is 0 Å². The van der Waals surface area contributed by atoms with E-state index in [9.17, 15) is 10.2 Å². The van der Waals surface area contributed by atoms with E-state index in [-0.39, 0.29) is 16.9 Å². The molecule has 0 radical (unpaired) electrons. The maximum absolute atomic E-state index is 9.52. The predicted octanol–water partition coefficient (Wildman–Crippen LogP) is 4.81. The summed E-state index contributed by atoms with van der Waals surface area (Å²) in [7, 11) is 0. The standard InChI is InChI=1S/C21H22N2O2/c1-21(2,3)12-18-20(15-6-10-17(25)11-7-15)22-13-19(23-18)14-4-8-16(24)9-5-14/h4-11,13,24-25H,12H2,1-3H3. The van der Waals surface area contributed by atoms with Crippen LogP contribution in [0.4, 0.5) is 0 Å². The number of benzene rings is 2. The molecule has 2 aromatic carbocycles. The lowest BCUT2D eigenvalue weighted by Gasteiger charge is -2.20. The lowest BCUT2D eigenvalue weighted by molar-refractivity contribution is 0.406. The molecule has 4 heteroatoms. The molecular weight excluding hydrogens is 312 g/mol. The summed E-state index contributed by atoms with van der Waals surface area (Å²) in [6, 6.07) is 14.0. The van der Waals surface area contributed by atoms with Crippen LogP contribution in [-0.4, -0.2) is 20.2 Å². The first-order chi connectivity index (χ1) is 11.8. The molecule has 0 fully saturated rings. The SMILES string of the molecule is CC(C)(C)Cc1nc(-c2ccc(O)cc2)cnc1-c1ccc(O)cc1. The van der Waals surface area contributed by atoms with Crippen LogP contribution in [0.2, 0.25) is 0 Å². The fourth-order valence-electron chi connectivity index (χ4n) is 2.68. The van der Waals surface area contributed by atoms with Crippen molar-refractivity contribution in [3.05, 3.63) is 60.4 Å². The smallest absolute Gasteiger partial charge is 0.115 e. The van der Waals surface area contributed by atoms with Crippen molar-refractivity contribution in [1.82, 2.24) is 9.97 Å². The molecule has 2 N–H and O–H groups in total. The summed E-state index contributed by atoms with van der Waals surface area (Å²) in [4.78, 5) is 9.51. The molecule has 0 aliphatic heterocycles. The van der Waals surface area contributed by atoms with Gasteiger partial charge in [0.05, 0.1) is 23.3 Å². The van der Waals surface area contributed by atoms with E-state index >= 15 is 0 Å². The van der Waals surface area contributed by atoms with Gasteiger partial charge in [-0.3, -0.25) is 4.98 Å². The minimum Gasteiger partial charge on any atom is -0.508 e. The molecule has 1 heterocycles. The second-order valence-electron chi connectivity index (χ2n) is 7.38. The Morgan fingerprint density at radius 3 is 1.84 bits per heavy atom. The molecule has 0 atom stereocenters. The highest BCUT2D eigenvalue weighted by molar-refractivity contribution is 5.66. The first-order valence-electron chi connectivity index (χ1n) is 8.26. The van der Waals surface area contributed by atoms with Crippen LogP contribution in [0.15, 0.2) is 54.7 Å². The Balaban J connectivity index is 2.08. The van der Waals surface area contributed by atoms with Crippen LogP contribution in [0.3, 0.4) is 0 Å². The van der Waals surface area contributed by atoms with E-state index in [2.05, 4.69) is 25.8 Å². The molecule has 0 aliphatic rings. The van der Waals surface area contributed by atoms with Crippen molar-refractivity contribution in [2.24, 2.45) is 5.41 Å². The summed E-state index contributed by atoms with van der Waals surface area (Å²) < 4.78 is 0. The Kier molecular flexibility index (Phi) is 4.45. The van der Waals surface area contributed by atoms with Crippen LogP contribution < -0.4 is 0 Å². The lowest BCUT2D eigenvalue weighted by atomic mass is 9.88. The maximum Gasteiger partial charge on any atom is 0.115 e. The molecule has 4 nitrogen and oxygen atoms in total. The Morgan fingerprint density at radius 2 is 1.32 bits per heavy atom. The molecule has 0 saturated carbocycles. The molecule has 1 aromatic heterocycles. The van der Waals surface area contributed by atoms with Crippen molar-refractivity contribution in [3.63, 3.8) is 0 Å². The van der Waals surface area contributed by atoms with Gasteiger partial charge in [0.2, 0.25) is 0 Å². The van der Waals surface area contributed by atoms with Gasteiger partial charge in [0.25, 0.3) is 0 Å². The molecule has 128 valence electrons. The number of phenols is 2. The summed E-state index contributed by atoms with van der Waals surface area (Å²) in [5, 5.41) is 19.0. The highest BCUT2D eigenvalue weighted by Crippen LogP contribution is 2.30. The molecule has 25 heavy (non-hydrogen) atoms. The average molecular weight is 334 g/mol. The van der Waals surface area contributed by atoms with Gasteiger partial charge in [-0.1, -0.05) is 20.8 Å². The fraction of sp³-hybridized carbons (Fsp3) is 0.238. The third-order valence-electron chi connectivity index (χ3n) is 3.85. The lowest BCUT2D eigenvalue weighted by Crippen LogP contribution is -2.12. The highest BCUT2D eigenvalue weighted by Gasteiger charge is 2.18. The van der Waals surface area contributed by atoms with Gasteiger partial charge in [0.15, 0.2) is 0 Å². The van der Waals surface area contributed by atoms with E-state index in [0.717, 1.165) is 34.6 Å². The van der Waals surface area contributed by atoms with E-state index < -0.39 is 0 Å². The fourth-order valence-corrected chi connectivity index (χ4v) is 2.68. The normalized spacial score (nSPS) is 11.5. The number of hydrogen-bond acceptors (Lipinski definition) is 4. The molecule has 3 rings (SSSR count). The molecule has 0 spiro atoms. The first-order valence-corrected chi connectivity index (χ1v) is 8.26. The first kappa shape index (κ1) is 17.0. The third-order valence-corrected chi connectivity index (χ3v) is 3.85. The number of aromatic hydroxyl groups is 2. The minimum atomic E-state index is 0.0634. The van der Waals surface area contributed by atoms with Crippen molar-refractivity contribution in [3.8, 4) is 34.0 Å². The molecule has 0 unspecified atom stereocenters. The zero-order valence-electron chi connectivity index (χ0n) is 14.7.